The summed E-state index contributed by atoms with van der Waals surface area (Å²) in [5.41, 5.74) is 4.49. The Bertz CT molecular complexity index is 700. The van der Waals surface area contributed by atoms with Gasteiger partial charge in [0.25, 0.3) is 5.91 Å². The van der Waals surface area contributed by atoms with E-state index in [1.54, 1.807) is 0 Å². The van der Waals surface area contributed by atoms with Gasteiger partial charge in [0.2, 0.25) is 0 Å². The first-order chi connectivity index (χ1) is 11.5. The molecule has 0 aliphatic carbocycles. The molecule has 0 bridgehead atoms. The molecule has 0 saturated carbocycles. The first-order valence-corrected chi connectivity index (χ1v) is 9.63. The molecule has 4 heteroatoms. The fourth-order valence-electron chi connectivity index (χ4n) is 3.98. The number of carbonyl (C=O) groups is 1. The van der Waals surface area contributed by atoms with Crippen molar-refractivity contribution in [1.29, 1.82) is 0 Å². The van der Waals surface area contributed by atoms with Crippen LogP contribution in [0, 0.1) is 20.8 Å². The summed E-state index contributed by atoms with van der Waals surface area (Å²) < 4.78 is 0. The lowest BCUT2D eigenvalue weighted by atomic mass is 10.0. The number of aryl methyl sites for hydroxylation is 3. The molecule has 2 N–H and O–H groups in total. The van der Waals surface area contributed by atoms with Crippen molar-refractivity contribution in [2.24, 2.45) is 0 Å². The second-order valence-electron chi connectivity index (χ2n) is 7.02. The van der Waals surface area contributed by atoms with Crippen molar-refractivity contribution in [1.82, 2.24) is 0 Å². The van der Waals surface area contributed by atoms with Gasteiger partial charge in [-0.15, -0.1) is 11.3 Å². The Kier molecular flexibility index (Phi) is 5.07. The third-order valence-electron chi connectivity index (χ3n) is 5.17. The van der Waals surface area contributed by atoms with Gasteiger partial charge in [0.1, 0.15) is 6.04 Å². The van der Waals surface area contributed by atoms with Crippen LogP contribution in [0.25, 0.3) is 0 Å². The molecular formula is C20H27N2OS+. The molecule has 1 aromatic carbocycles. The second kappa shape index (κ2) is 7.08. The normalized spacial score (nSPS) is 21.7. The van der Waals surface area contributed by atoms with E-state index in [-0.39, 0.29) is 11.9 Å². The number of carbonyl (C=O) groups excluding carboxylic acids is 1. The zero-order valence-corrected chi connectivity index (χ0v) is 15.8. The Hall–Kier alpha value is -1.65. The zero-order chi connectivity index (χ0) is 17.3. The number of hydrogen-bond donors (Lipinski definition) is 2. The third-order valence-corrected chi connectivity index (χ3v) is 6.15. The second-order valence-corrected chi connectivity index (χ2v) is 8.00. The first kappa shape index (κ1) is 17.2. The predicted octanol–water partition coefficient (Wildman–Crippen LogP) is 3.42. The lowest BCUT2D eigenvalue weighted by Crippen LogP contribution is -3.15. The third kappa shape index (κ3) is 3.40. The van der Waals surface area contributed by atoms with Crippen LogP contribution < -0.4 is 10.2 Å². The Morgan fingerprint density at radius 2 is 2.00 bits per heavy atom. The molecule has 1 amide bonds. The standard InChI is InChI=1S/C20H26N2OS/c1-13-11-14(2)19(15(3)12-13)21-20(23)16(4)22-9-5-7-17(22)18-8-6-10-24-18/h6,8,10-12,16-17H,5,7,9H2,1-4H3,(H,21,23)/p+1/t16-,17+/m0/s1. The van der Waals surface area contributed by atoms with Gasteiger partial charge in [-0.2, -0.15) is 0 Å². The maximum Gasteiger partial charge on any atom is 0.282 e. The number of quaternary nitrogens is 1. The van der Waals surface area contributed by atoms with Crippen LogP contribution >= 0.6 is 11.3 Å². The molecule has 1 aliphatic heterocycles. The maximum absolute atomic E-state index is 12.9. The fraction of sp³-hybridized carbons (Fsp3) is 0.450. The molecule has 128 valence electrons. The first-order valence-electron chi connectivity index (χ1n) is 8.75. The van der Waals surface area contributed by atoms with E-state index in [2.05, 4.69) is 62.7 Å². The van der Waals surface area contributed by atoms with Crippen molar-refractivity contribution in [3.8, 4) is 0 Å². The molecule has 3 rings (SSSR count). The Morgan fingerprint density at radius 3 is 2.62 bits per heavy atom. The van der Waals surface area contributed by atoms with Crippen molar-refractivity contribution in [3.63, 3.8) is 0 Å². The van der Waals surface area contributed by atoms with E-state index in [1.165, 1.54) is 28.2 Å². The van der Waals surface area contributed by atoms with E-state index < -0.39 is 0 Å². The number of amides is 1. The van der Waals surface area contributed by atoms with Crippen molar-refractivity contribution in [3.05, 3.63) is 51.2 Å². The van der Waals surface area contributed by atoms with Crippen LogP contribution in [-0.2, 0) is 4.79 Å². The van der Waals surface area contributed by atoms with Crippen LogP contribution in [0.1, 0.15) is 47.4 Å². The van der Waals surface area contributed by atoms with Gasteiger partial charge in [-0.25, -0.2) is 0 Å². The molecule has 1 saturated heterocycles. The summed E-state index contributed by atoms with van der Waals surface area (Å²) in [6, 6.07) is 9.00. The lowest BCUT2D eigenvalue weighted by molar-refractivity contribution is -0.931. The Morgan fingerprint density at radius 1 is 1.29 bits per heavy atom. The molecule has 2 heterocycles. The SMILES string of the molecule is Cc1cc(C)c(NC(=O)[C@H](C)[NH+]2CCC[C@@H]2c2cccs2)c(C)c1. The lowest BCUT2D eigenvalue weighted by Gasteiger charge is -2.26. The van der Waals surface area contributed by atoms with E-state index in [0.717, 1.165) is 23.4 Å². The summed E-state index contributed by atoms with van der Waals surface area (Å²) in [4.78, 5) is 15.7. The molecular weight excluding hydrogens is 316 g/mol. The summed E-state index contributed by atoms with van der Waals surface area (Å²) in [7, 11) is 0. The molecule has 3 atom stereocenters. The molecule has 3 nitrogen and oxygen atoms in total. The number of anilines is 1. The van der Waals surface area contributed by atoms with Crippen LogP contribution in [-0.4, -0.2) is 18.5 Å². The molecule has 24 heavy (non-hydrogen) atoms. The topological polar surface area (TPSA) is 33.5 Å². The van der Waals surface area contributed by atoms with E-state index in [0.29, 0.717) is 6.04 Å². The smallest absolute Gasteiger partial charge is 0.282 e. The quantitative estimate of drug-likeness (QED) is 0.876. The van der Waals surface area contributed by atoms with Crippen molar-refractivity contribution >= 4 is 22.9 Å². The number of thiophene rings is 1. The largest absolute Gasteiger partial charge is 0.320 e. The molecule has 1 aliphatic rings. The molecule has 0 radical (unpaired) electrons. The van der Waals surface area contributed by atoms with Gasteiger partial charge < -0.3 is 10.2 Å². The van der Waals surface area contributed by atoms with Gasteiger partial charge >= 0.3 is 0 Å². The van der Waals surface area contributed by atoms with Crippen LogP contribution in [0.2, 0.25) is 0 Å². The van der Waals surface area contributed by atoms with E-state index in [1.807, 2.05) is 11.3 Å². The van der Waals surface area contributed by atoms with Crippen LogP contribution in [0.5, 0.6) is 0 Å². The van der Waals surface area contributed by atoms with Crippen LogP contribution in [0.4, 0.5) is 5.69 Å². The molecule has 1 fully saturated rings. The van der Waals surface area contributed by atoms with Gasteiger partial charge in [-0.05, 0) is 50.3 Å². The number of rotatable bonds is 4. The summed E-state index contributed by atoms with van der Waals surface area (Å²) in [5.74, 6) is 0.128. The minimum atomic E-state index is -0.0419. The highest BCUT2D eigenvalue weighted by Crippen LogP contribution is 2.25. The average Bonchev–Trinajstić information content (AvgIpc) is 3.19. The monoisotopic (exact) mass is 343 g/mol. The van der Waals surface area contributed by atoms with E-state index >= 15 is 0 Å². The minimum Gasteiger partial charge on any atom is -0.320 e. The van der Waals surface area contributed by atoms with Gasteiger partial charge in [-0.3, -0.25) is 4.79 Å². The van der Waals surface area contributed by atoms with Gasteiger partial charge in [0.15, 0.2) is 6.04 Å². The maximum atomic E-state index is 12.9. The van der Waals surface area contributed by atoms with Gasteiger partial charge in [0, 0.05) is 18.5 Å². The van der Waals surface area contributed by atoms with Crippen molar-refractivity contribution in [2.45, 2.75) is 52.6 Å². The number of benzene rings is 1. The number of hydrogen-bond acceptors (Lipinski definition) is 2. The summed E-state index contributed by atoms with van der Waals surface area (Å²) >= 11 is 1.81. The van der Waals surface area contributed by atoms with Crippen LogP contribution in [0.3, 0.4) is 0 Å². The number of likely N-dealkylation sites (tertiary alicyclic amines) is 1. The molecule has 2 aromatic rings. The van der Waals surface area contributed by atoms with Crippen molar-refractivity contribution in [2.75, 3.05) is 11.9 Å². The molecule has 0 spiro atoms. The van der Waals surface area contributed by atoms with Crippen LogP contribution in [0.15, 0.2) is 29.6 Å². The highest BCUT2D eigenvalue weighted by atomic mass is 32.1. The van der Waals surface area contributed by atoms with Crippen molar-refractivity contribution < 1.29 is 9.69 Å². The summed E-state index contributed by atoms with van der Waals surface area (Å²) in [6.45, 7) is 9.36. The Labute approximate surface area is 148 Å². The predicted molar refractivity (Wildman–Crippen MR) is 101 cm³/mol. The fourth-order valence-corrected chi connectivity index (χ4v) is 4.88. The summed E-state index contributed by atoms with van der Waals surface area (Å²) in [5, 5.41) is 5.33. The van der Waals surface area contributed by atoms with E-state index in [9.17, 15) is 4.79 Å². The van der Waals surface area contributed by atoms with Gasteiger partial charge in [-0.1, -0.05) is 23.8 Å². The Balaban J connectivity index is 1.75. The number of nitrogens with one attached hydrogen (secondary N) is 2. The average molecular weight is 344 g/mol. The highest BCUT2D eigenvalue weighted by Gasteiger charge is 2.37. The molecule has 1 aromatic heterocycles. The van der Waals surface area contributed by atoms with E-state index in [4.69, 9.17) is 0 Å². The van der Waals surface area contributed by atoms with Gasteiger partial charge in [0.05, 0.1) is 11.4 Å². The molecule has 1 unspecified atom stereocenters. The highest BCUT2D eigenvalue weighted by molar-refractivity contribution is 7.10. The minimum absolute atomic E-state index is 0.0419. The summed E-state index contributed by atoms with van der Waals surface area (Å²) in [6.07, 6.45) is 2.37. The zero-order valence-electron chi connectivity index (χ0n) is 15.0.